The molecule has 0 fully saturated rings. The number of rotatable bonds is 8. The van der Waals surface area contributed by atoms with Gasteiger partial charge >= 0.3 is 6.18 Å². The molecule has 2 N–H and O–H groups in total. The molecule has 0 spiro atoms. The summed E-state index contributed by atoms with van der Waals surface area (Å²) in [6.45, 7) is 2.28. The van der Waals surface area contributed by atoms with Crippen molar-refractivity contribution in [3.8, 4) is 22.6 Å². The molecule has 1 atom stereocenters. The Hall–Kier alpha value is -4.73. The van der Waals surface area contributed by atoms with Crippen molar-refractivity contribution in [3.05, 3.63) is 102 Å². The van der Waals surface area contributed by atoms with Gasteiger partial charge in [0.15, 0.2) is 0 Å². The number of carbonyl (C=O) groups excluding carboxylic acids is 1. The molecule has 0 unspecified atom stereocenters. The van der Waals surface area contributed by atoms with Gasteiger partial charge < -0.3 is 10.6 Å². The number of amides is 1. The molecule has 0 radical (unpaired) electrons. The molecule has 3 aromatic heterocycles. The van der Waals surface area contributed by atoms with Crippen molar-refractivity contribution in [2.24, 2.45) is 0 Å². The minimum absolute atomic E-state index is 0.0792. The second kappa shape index (κ2) is 10.3. The molecule has 7 nitrogen and oxygen atoms in total. The van der Waals surface area contributed by atoms with Gasteiger partial charge in [-0.05, 0) is 48.4 Å². The van der Waals surface area contributed by atoms with Gasteiger partial charge in [0.2, 0.25) is 12.4 Å². The number of carbonyl (C=O) groups is 1. The van der Waals surface area contributed by atoms with Crippen molar-refractivity contribution in [2.45, 2.75) is 25.7 Å². The monoisotopic (exact) mass is 516 g/mol. The summed E-state index contributed by atoms with van der Waals surface area (Å²) >= 11 is 0. The van der Waals surface area contributed by atoms with Gasteiger partial charge in [-0.2, -0.15) is 13.2 Å². The fraction of sp³-hybridized carbons (Fsp3) is 0.143. The highest BCUT2D eigenvalue weighted by Gasteiger charge is 2.31. The minimum atomic E-state index is -4.50. The average Bonchev–Trinajstić information content (AvgIpc) is 3.31. The van der Waals surface area contributed by atoms with Crippen molar-refractivity contribution in [3.63, 3.8) is 0 Å². The highest BCUT2D eigenvalue weighted by molar-refractivity contribution is 5.81. The highest BCUT2D eigenvalue weighted by atomic mass is 19.4. The standard InChI is InChI=1S/C28H23F3N6O/c1-18(20-6-3-2-4-7-20)34-27-33-12-10-23(35-27)26-25(21-8-5-9-22(15-21)28(29,30)31)36-24-14-19(16-32-17-38)11-13-37(24)26/h2-15,17-18H,16H2,1H3,(H,32,38)(H,33,34,35)/t18-/m1/s1. The Morgan fingerprint density at radius 1 is 1.00 bits per heavy atom. The van der Waals surface area contributed by atoms with E-state index in [0.717, 1.165) is 23.3 Å². The fourth-order valence-corrected chi connectivity index (χ4v) is 4.22. The second-order valence-corrected chi connectivity index (χ2v) is 8.69. The molecule has 0 aliphatic heterocycles. The maximum absolute atomic E-state index is 13.5. The van der Waals surface area contributed by atoms with E-state index in [9.17, 15) is 18.0 Å². The smallest absolute Gasteiger partial charge is 0.355 e. The number of imidazole rings is 1. The van der Waals surface area contributed by atoms with Crippen LogP contribution in [0.1, 0.15) is 29.7 Å². The first-order valence-electron chi connectivity index (χ1n) is 11.8. The Morgan fingerprint density at radius 3 is 2.58 bits per heavy atom. The number of hydrogen-bond acceptors (Lipinski definition) is 5. The van der Waals surface area contributed by atoms with E-state index in [1.54, 1.807) is 35.0 Å². The van der Waals surface area contributed by atoms with Crippen LogP contribution in [0.15, 0.2) is 85.2 Å². The van der Waals surface area contributed by atoms with Crippen molar-refractivity contribution in [2.75, 3.05) is 5.32 Å². The first-order chi connectivity index (χ1) is 18.3. The minimum Gasteiger partial charge on any atom is -0.355 e. The predicted molar refractivity (Wildman–Crippen MR) is 138 cm³/mol. The molecule has 5 aromatic rings. The van der Waals surface area contributed by atoms with Crippen molar-refractivity contribution < 1.29 is 18.0 Å². The fourth-order valence-electron chi connectivity index (χ4n) is 4.22. The lowest BCUT2D eigenvalue weighted by Gasteiger charge is -2.15. The number of halogens is 3. The zero-order valence-corrected chi connectivity index (χ0v) is 20.3. The average molecular weight is 517 g/mol. The molecule has 0 bridgehead atoms. The van der Waals surface area contributed by atoms with Crippen LogP contribution in [0.3, 0.4) is 0 Å². The van der Waals surface area contributed by atoms with Crippen molar-refractivity contribution in [1.29, 1.82) is 0 Å². The SMILES string of the molecule is C[C@@H](Nc1nccc(-c2c(-c3cccc(C(F)(F)F)c3)nc3cc(CNC=O)ccn23)n1)c1ccccc1. The third kappa shape index (κ3) is 5.19. The molecule has 10 heteroatoms. The Balaban J connectivity index is 1.62. The molecule has 1 amide bonds. The van der Waals surface area contributed by atoms with Gasteiger partial charge in [-0.15, -0.1) is 0 Å². The summed E-state index contributed by atoms with van der Waals surface area (Å²) in [5, 5.41) is 5.89. The number of pyridine rings is 1. The number of aromatic nitrogens is 4. The van der Waals surface area contributed by atoms with Crippen LogP contribution in [-0.4, -0.2) is 25.8 Å². The lowest BCUT2D eigenvalue weighted by Crippen LogP contribution is -2.10. The van der Waals surface area contributed by atoms with Crippen LogP contribution in [0, 0.1) is 0 Å². The quantitative estimate of drug-likeness (QED) is 0.251. The summed E-state index contributed by atoms with van der Waals surface area (Å²) in [7, 11) is 0. The Bertz CT molecular complexity index is 1580. The molecule has 38 heavy (non-hydrogen) atoms. The van der Waals surface area contributed by atoms with Crippen LogP contribution in [0.25, 0.3) is 28.3 Å². The van der Waals surface area contributed by atoms with Crippen LogP contribution in [0.2, 0.25) is 0 Å². The lowest BCUT2D eigenvalue weighted by atomic mass is 10.0. The van der Waals surface area contributed by atoms with E-state index in [1.807, 2.05) is 43.3 Å². The highest BCUT2D eigenvalue weighted by Crippen LogP contribution is 2.36. The summed E-state index contributed by atoms with van der Waals surface area (Å²) in [5.41, 5.74) is 3.23. The van der Waals surface area contributed by atoms with Gasteiger partial charge in [-0.3, -0.25) is 9.20 Å². The van der Waals surface area contributed by atoms with Gasteiger partial charge in [-0.25, -0.2) is 15.0 Å². The molecule has 192 valence electrons. The molecule has 0 aliphatic rings. The molecule has 0 saturated heterocycles. The first kappa shape index (κ1) is 24.9. The zero-order chi connectivity index (χ0) is 26.7. The maximum Gasteiger partial charge on any atom is 0.416 e. The van der Waals surface area contributed by atoms with Crippen LogP contribution in [0.4, 0.5) is 19.1 Å². The number of alkyl halides is 3. The van der Waals surface area contributed by atoms with Crippen LogP contribution < -0.4 is 10.6 Å². The molecular formula is C28H23F3N6O. The molecule has 0 saturated carbocycles. The van der Waals surface area contributed by atoms with E-state index in [4.69, 9.17) is 4.98 Å². The van der Waals surface area contributed by atoms with Gasteiger partial charge in [0.25, 0.3) is 0 Å². The molecular weight excluding hydrogens is 493 g/mol. The van der Waals surface area contributed by atoms with E-state index in [1.165, 1.54) is 6.07 Å². The second-order valence-electron chi connectivity index (χ2n) is 8.69. The maximum atomic E-state index is 13.5. The normalized spacial score (nSPS) is 12.3. The molecule has 5 rings (SSSR count). The van der Waals surface area contributed by atoms with E-state index < -0.39 is 11.7 Å². The molecule has 3 heterocycles. The Kier molecular flexibility index (Phi) is 6.78. The van der Waals surface area contributed by atoms with Gasteiger partial charge in [-0.1, -0.05) is 42.5 Å². The third-order valence-corrected chi connectivity index (χ3v) is 6.09. The van der Waals surface area contributed by atoms with Gasteiger partial charge in [0.05, 0.1) is 28.7 Å². The van der Waals surface area contributed by atoms with Gasteiger partial charge in [0, 0.05) is 24.5 Å². The third-order valence-electron chi connectivity index (χ3n) is 6.09. The molecule has 2 aromatic carbocycles. The Labute approximate surface area is 216 Å². The number of fused-ring (bicyclic) bond motifs is 1. The van der Waals surface area contributed by atoms with Crippen LogP contribution in [-0.2, 0) is 17.5 Å². The molecule has 0 aliphatic carbocycles. The van der Waals surface area contributed by atoms with E-state index >= 15 is 0 Å². The first-order valence-corrected chi connectivity index (χ1v) is 11.8. The number of anilines is 1. The number of nitrogens with one attached hydrogen (secondary N) is 2. The lowest BCUT2D eigenvalue weighted by molar-refractivity contribution is -0.137. The van der Waals surface area contributed by atoms with E-state index in [2.05, 4.69) is 20.6 Å². The number of hydrogen-bond donors (Lipinski definition) is 2. The van der Waals surface area contributed by atoms with Crippen molar-refractivity contribution >= 4 is 18.0 Å². The van der Waals surface area contributed by atoms with Crippen molar-refractivity contribution in [1.82, 2.24) is 24.7 Å². The topological polar surface area (TPSA) is 84.2 Å². The largest absolute Gasteiger partial charge is 0.416 e. The van der Waals surface area contributed by atoms with E-state index in [-0.39, 0.29) is 6.04 Å². The Morgan fingerprint density at radius 2 is 1.82 bits per heavy atom. The van der Waals surface area contributed by atoms with E-state index in [0.29, 0.717) is 47.2 Å². The summed E-state index contributed by atoms with van der Waals surface area (Å²) in [5.74, 6) is 0.371. The number of nitrogens with zero attached hydrogens (tertiary/aromatic N) is 4. The van der Waals surface area contributed by atoms with Gasteiger partial charge in [0.1, 0.15) is 5.65 Å². The summed E-state index contributed by atoms with van der Waals surface area (Å²) in [6, 6.07) is 20.1. The number of benzene rings is 2. The van der Waals surface area contributed by atoms with Crippen LogP contribution in [0.5, 0.6) is 0 Å². The predicted octanol–water partition coefficient (Wildman–Crippen LogP) is 5.90. The summed E-state index contributed by atoms with van der Waals surface area (Å²) in [6.07, 6.45) is -0.540. The zero-order valence-electron chi connectivity index (χ0n) is 20.3. The summed E-state index contributed by atoms with van der Waals surface area (Å²) < 4.78 is 42.3. The van der Waals surface area contributed by atoms with Crippen LogP contribution >= 0.6 is 0 Å². The summed E-state index contributed by atoms with van der Waals surface area (Å²) in [4.78, 5) is 24.5.